The molecule has 0 spiro atoms. The van der Waals surface area contributed by atoms with Crippen molar-refractivity contribution in [3.05, 3.63) is 36.0 Å². The third-order valence-electron chi connectivity index (χ3n) is 6.54. The molecule has 6 nitrogen and oxygen atoms in total. The maximum absolute atomic E-state index is 6.16. The SMILES string of the molecule is CN=C(NCc1ccnc(OC2CCC(C)CC2)c1)N1CCC(N2CC=CC2)C1. The number of aliphatic imine (C=N–C) groups is 1. The molecule has 0 amide bonds. The fraction of sp³-hybridized carbons (Fsp3) is 0.652. The van der Waals surface area contributed by atoms with Gasteiger partial charge in [-0.15, -0.1) is 0 Å². The normalized spacial score (nSPS) is 28.1. The van der Waals surface area contributed by atoms with Crippen LogP contribution in [-0.4, -0.2) is 66.1 Å². The molecule has 1 saturated heterocycles. The van der Waals surface area contributed by atoms with E-state index >= 15 is 0 Å². The van der Waals surface area contributed by atoms with E-state index in [1.807, 2.05) is 13.2 Å². The largest absolute Gasteiger partial charge is 0.474 e. The molecule has 0 aromatic carbocycles. The quantitative estimate of drug-likeness (QED) is 0.470. The minimum atomic E-state index is 0.316. The Morgan fingerprint density at radius 1 is 1.21 bits per heavy atom. The van der Waals surface area contributed by atoms with Gasteiger partial charge in [0.25, 0.3) is 0 Å². The molecule has 3 aliphatic rings. The second kappa shape index (κ2) is 9.61. The Kier molecular flexibility index (Phi) is 6.70. The van der Waals surface area contributed by atoms with Crippen molar-refractivity contribution in [2.75, 3.05) is 33.2 Å². The Morgan fingerprint density at radius 3 is 2.76 bits per heavy atom. The molecular formula is C23H35N5O. The fourth-order valence-electron chi connectivity index (χ4n) is 4.68. The Bertz CT molecular complexity index is 718. The van der Waals surface area contributed by atoms with Crippen LogP contribution in [0, 0.1) is 5.92 Å². The molecule has 6 heteroatoms. The minimum absolute atomic E-state index is 0.316. The van der Waals surface area contributed by atoms with Crippen LogP contribution in [0.15, 0.2) is 35.5 Å². The van der Waals surface area contributed by atoms with Gasteiger partial charge in [0.05, 0.1) is 0 Å². The Hall–Kier alpha value is -2.08. The van der Waals surface area contributed by atoms with Crippen molar-refractivity contribution in [1.29, 1.82) is 0 Å². The number of aromatic nitrogens is 1. The molecule has 1 atom stereocenters. The minimum Gasteiger partial charge on any atom is -0.474 e. The summed E-state index contributed by atoms with van der Waals surface area (Å²) in [5.74, 6) is 2.57. The lowest BCUT2D eigenvalue weighted by Gasteiger charge is -2.26. The van der Waals surface area contributed by atoms with E-state index < -0.39 is 0 Å². The van der Waals surface area contributed by atoms with Crippen LogP contribution < -0.4 is 10.1 Å². The van der Waals surface area contributed by atoms with E-state index in [0.717, 1.165) is 63.3 Å². The summed E-state index contributed by atoms with van der Waals surface area (Å²) < 4.78 is 6.16. The maximum Gasteiger partial charge on any atom is 0.213 e. The Balaban J connectivity index is 1.27. The molecule has 4 rings (SSSR count). The first kappa shape index (κ1) is 20.2. The number of guanidine groups is 1. The lowest BCUT2D eigenvalue weighted by Crippen LogP contribution is -2.42. The van der Waals surface area contributed by atoms with Gasteiger partial charge in [-0.2, -0.15) is 0 Å². The van der Waals surface area contributed by atoms with Gasteiger partial charge in [0.2, 0.25) is 5.88 Å². The van der Waals surface area contributed by atoms with Gasteiger partial charge in [0, 0.05) is 58.1 Å². The average Bonchev–Trinajstić information content (AvgIpc) is 3.43. The van der Waals surface area contributed by atoms with E-state index in [1.54, 1.807) is 0 Å². The number of nitrogens with zero attached hydrogens (tertiary/aromatic N) is 4. The first-order valence-corrected chi connectivity index (χ1v) is 11.2. The molecule has 3 heterocycles. The zero-order valence-corrected chi connectivity index (χ0v) is 17.9. The standard InChI is InChI=1S/C23H35N5O/c1-18-5-7-21(8-6-18)29-22-15-19(9-11-25-22)16-26-23(24-2)28-14-10-20(17-28)27-12-3-4-13-27/h3-4,9,11,15,18,20-21H,5-8,10,12-14,16-17H2,1-2H3,(H,24,26). The highest BCUT2D eigenvalue weighted by Crippen LogP contribution is 2.26. The molecule has 1 aliphatic carbocycles. The first-order valence-electron chi connectivity index (χ1n) is 11.2. The second-order valence-corrected chi connectivity index (χ2v) is 8.72. The summed E-state index contributed by atoms with van der Waals surface area (Å²) in [6.07, 6.45) is 12.7. The number of nitrogens with one attached hydrogen (secondary N) is 1. The predicted molar refractivity (Wildman–Crippen MR) is 117 cm³/mol. The van der Waals surface area contributed by atoms with Gasteiger partial charge in [-0.05, 0) is 49.7 Å². The second-order valence-electron chi connectivity index (χ2n) is 8.72. The molecule has 1 aromatic heterocycles. The summed E-state index contributed by atoms with van der Waals surface area (Å²) in [5, 5.41) is 3.53. The highest BCUT2D eigenvalue weighted by Gasteiger charge is 2.29. The van der Waals surface area contributed by atoms with E-state index in [4.69, 9.17) is 4.74 Å². The third kappa shape index (κ3) is 5.30. The van der Waals surface area contributed by atoms with Crippen molar-refractivity contribution < 1.29 is 4.74 Å². The van der Waals surface area contributed by atoms with Gasteiger partial charge >= 0.3 is 0 Å². The summed E-state index contributed by atoms with van der Waals surface area (Å²) in [4.78, 5) is 13.9. The zero-order chi connectivity index (χ0) is 20.1. The summed E-state index contributed by atoms with van der Waals surface area (Å²) >= 11 is 0. The van der Waals surface area contributed by atoms with Gasteiger partial charge in [-0.1, -0.05) is 19.1 Å². The predicted octanol–water partition coefficient (Wildman–Crippen LogP) is 3.06. The van der Waals surface area contributed by atoms with Crippen LogP contribution in [0.1, 0.15) is 44.6 Å². The van der Waals surface area contributed by atoms with Crippen molar-refractivity contribution in [2.45, 2.75) is 57.7 Å². The number of hydrogen-bond acceptors (Lipinski definition) is 4. The van der Waals surface area contributed by atoms with E-state index in [0.29, 0.717) is 12.1 Å². The van der Waals surface area contributed by atoms with Crippen molar-refractivity contribution >= 4 is 5.96 Å². The monoisotopic (exact) mass is 397 g/mol. The smallest absolute Gasteiger partial charge is 0.213 e. The molecule has 0 bridgehead atoms. The lowest BCUT2D eigenvalue weighted by molar-refractivity contribution is 0.130. The van der Waals surface area contributed by atoms with Crippen LogP contribution in [0.4, 0.5) is 0 Å². The van der Waals surface area contributed by atoms with E-state index in [2.05, 4.69) is 56.3 Å². The topological polar surface area (TPSA) is 53.0 Å². The van der Waals surface area contributed by atoms with Crippen molar-refractivity contribution in [1.82, 2.24) is 20.1 Å². The van der Waals surface area contributed by atoms with Crippen LogP contribution in [0.5, 0.6) is 5.88 Å². The van der Waals surface area contributed by atoms with Gasteiger partial charge in [0.1, 0.15) is 6.10 Å². The van der Waals surface area contributed by atoms with E-state index in [9.17, 15) is 0 Å². The number of hydrogen-bond donors (Lipinski definition) is 1. The molecule has 158 valence electrons. The van der Waals surface area contributed by atoms with Gasteiger partial charge < -0.3 is 15.0 Å². The maximum atomic E-state index is 6.16. The van der Waals surface area contributed by atoms with Gasteiger partial charge in [-0.25, -0.2) is 4.98 Å². The van der Waals surface area contributed by atoms with Crippen LogP contribution in [0.2, 0.25) is 0 Å². The summed E-state index contributed by atoms with van der Waals surface area (Å²) in [6.45, 7) is 7.35. The molecular weight excluding hydrogens is 362 g/mol. The number of rotatable bonds is 5. The molecule has 2 aliphatic heterocycles. The number of ether oxygens (including phenoxy) is 1. The van der Waals surface area contributed by atoms with Crippen LogP contribution in [0.3, 0.4) is 0 Å². The molecule has 1 unspecified atom stereocenters. The van der Waals surface area contributed by atoms with Crippen LogP contribution in [0.25, 0.3) is 0 Å². The zero-order valence-electron chi connectivity index (χ0n) is 17.9. The average molecular weight is 398 g/mol. The Morgan fingerprint density at radius 2 is 2.00 bits per heavy atom. The first-order chi connectivity index (χ1) is 14.2. The lowest BCUT2D eigenvalue weighted by atomic mass is 9.89. The van der Waals surface area contributed by atoms with E-state index in [1.165, 1.54) is 24.8 Å². The summed E-state index contributed by atoms with van der Waals surface area (Å²) in [7, 11) is 1.87. The highest BCUT2D eigenvalue weighted by atomic mass is 16.5. The van der Waals surface area contributed by atoms with Crippen LogP contribution >= 0.6 is 0 Å². The molecule has 1 N–H and O–H groups in total. The van der Waals surface area contributed by atoms with Crippen molar-refractivity contribution in [2.24, 2.45) is 10.9 Å². The fourth-order valence-corrected chi connectivity index (χ4v) is 4.68. The van der Waals surface area contributed by atoms with E-state index in [-0.39, 0.29) is 0 Å². The number of pyridine rings is 1. The summed E-state index contributed by atoms with van der Waals surface area (Å²) in [5.41, 5.74) is 1.18. The Labute approximate surface area is 175 Å². The summed E-state index contributed by atoms with van der Waals surface area (Å²) in [6, 6.07) is 4.75. The van der Waals surface area contributed by atoms with Gasteiger partial charge in [0.15, 0.2) is 5.96 Å². The third-order valence-corrected chi connectivity index (χ3v) is 6.54. The van der Waals surface area contributed by atoms with Gasteiger partial charge in [-0.3, -0.25) is 9.89 Å². The molecule has 1 aromatic rings. The number of likely N-dealkylation sites (tertiary alicyclic amines) is 1. The molecule has 2 fully saturated rings. The molecule has 1 saturated carbocycles. The molecule has 29 heavy (non-hydrogen) atoms. The van der Waals surface area contributed by atoms with Crippen molar-refractivity contribution in [3.8, 4) is 5.88 Å². The highest BCUT2D eigenvalue weighted by molar-refractivity contribution is 5.80. The van der Waals surface area contributed by atoms with Crippen LogP contribution in [-0.2, 0) is 6.54 Å². The molecule has 0 radical (unpaired) electrons. The van der Waals surface area contributed by atoms with Crippen molar-refractivity contribution in [3.63, 3.8) is 0 Å².